The molecule has 1 saturated heterocycles. The Morgan fingerprint density at radius 2 is 2.20 bits per heavy atom. The lowest BCUT2D eigenvalue weighted by Crippen LogP contribution is -2.35. The summed E-state index contributed by atoms with van der Waals surface area (Å²) in [5.41, 5.74) is 0.731. The first-order chi connectivity index (χ1) is 12.3. The molecule has 0 spiro atoms. The largest absolute Gasteiger partial charge is 0.380 e. The quantitative estimate of drug-likeness (QED) is 0.733. The highest BCUT2D eigenvalue weighted by molar-refractivity contribution is 5.62. The first kappa shape index (κ1) is 15.7. The van der Waals surface area contributed by atoms with Crippen LogP contribution in [0.4, 0.5) is 11.6 Å². The Morgan fingerprint density at radius 1 is 1.28 bits per heavy atom. The van der Waals surface area contributed by atoms with E-state index in [-0.39, 0.29) is 12.1 Å². The highest BCUT2D eigenvalue weighted by Gasteiger charge is 2.33. The van der Waals surface area contributed by atoms with E-state index < -0.39 is 0 Å². The molecule has 0 bridgehead atoms. The van der Waals surface area contributed by atoms with Crippen molar-refractivity contribution in [3.63, 3.8) is 0 Å². The van der Waals surface area contributed by atoms with Gasteiger partial charge in [0.05, 0.1) is 12.1 Å². The van der Waals surface area contributed by atoms with Gasteiger partial charge in [0.25, 0.3) is 0 Å². The molecule has 0 saturated carbocycles. The fourth-order valence-corrected chi connectivity index (χ4v) is 3.25. The first-order valence-corrected chi connectivity index (χ1v) is 8.22. The van der Waals surface area contributed by atoms with Crippen LogP contribution in [-0.2, 0) is 4.74 Å². The molecule has 0 aliphatic carbocycles. The molecule has 3 aromatic heterocycles. The van der Waals surface area contributed by atoms with E-state index in [2.05, 4.69) is 35.4 Å². The molecule has 1 aliphatic rings. The summed E-state index contributed by atoms with van der Waals surface area (Å²) >= 11 is 0. The molecule has 9 heteroatoms. The predicted octanol–water partition coefficient (Wildman–Crippen LogP) is 0.929. The van der Waals surface area contributed by atoms with Crippen LogP contribution in [0.2, 0.25) is 0 Å². The van der Waals surface area contributed by atoms with E-state index in [9.17, 15) is 0 Å². The fourth-order valence-electron chi connectivity index (χ4n) is 3.25. The van der Waals surface area contributed by atoms with Gasteiger partial charge in [-0.15, -0.1) is 10.2 Å². The van der Waals surface area contributed by atoms with Gasteiger partial charge in [0.2, 0.25) is 5.65 Å². The average Bonchev–Trinajstić information content (AvgIpc) is 3.25. The van der Waals surface area contributed by atoms with Gasteiger partial charge in [-0.3, -0.25) is 4.40 Å². The minimum absolute atomic E-state index is 0.181. The summed E-state index contributed by atoms with van der Waals surface area (Å²) in [5, 5.41) is 11.7. The third kappa shape index (κ3) is 2.98. The van der Waals surface area contributed by atoms with Crippen molar-refractivity contribution >= 4 is 17.3 Å². The van der Waals surface area contributed by atoms with Crippen molar-refractivity contribution in [1.29, 1.82) is 0 Å². The normalized spacial score (nSPS) is 20.3. The molecular formula is C16H20N8O. The Morgan fingerprint density at radius 3 is 3.00 bits per heavy atom. The molecular weight excluding hydrogens is 320 g/mol. The second-order valence-corrected chi connectivity index (χ2v) is 6.06. The molecule has 130 valence electrons. The number of aromatic nitrogens is 6. The van der Waals surface area contributed by atoms with Crippen LogP contribution >= 0.6 is 0 Å². The number of hydrogen-bond donors (Lipinski definition) is 1. The minimum Gasteiger partial charge on any atom is -0.380 e. The minimum atomic E-state index is 0.181. The van der Waals surface area contributed by atoms with E-state index in [1.54, 1.807) is 25.8 Å². The van der Waals surface area contributed by atoms with Gasteiger partial charge < -0.3 is 15.0 Å². The Kier molecular flexibility index (Phi) is 4.14. The third-order valence-corrected chi connectivity index (χ3v) is 4.57. The number of anilines is 2. The van der Waals surface area contributed by atoms with Crippen LogP contribution in [0.3, 0.4) is 0 Å². The summed E-state index contributed by atoms with van der Waals surface area (Å²) < 4.78 is 7.48. The molecule has 1 N–H and O–H groups in total. The Labute approximate surface area is 145 Å². The maximum atomic E-state index is 5.56. The topological polar surface area (TPSA) is 93.4 Å². The van der Waals surface area contributed by atoms with Crippen LogP contribution in [0.5, 0.6) is 0 Å². The monoisotopic (exact) mass is 340 g/mol. The molecule has 3 aromatic rings. The smallest absolute Gasteiger partial charge is 0.203 e. The van der Waals surface area contributed by atoms with E-state index in [1.165, 1.54) is 0 Å². The standard InChI is InChI=1S/C16H20N8O/c1-11-21-22-16-15(18-5-6-23(11)16)19-8-12-7-13(25-2)9-24(12)14-3-4-17-10-20-14/h3-6,10,12-13H,7-9H2,1-2H3,(H,18,19)/t12-,13-/m1/s1. The Bertz CT molecular complexity index is 852. The lowest BCUT2D eigenvalue weighted by molar-refractivity contribution is 0.118. The molecule has 4 rings (SSSR count). The number of nitrogens with one attached hydrogen (secondary N) is 1. The van der Waals surface area contributed by atoms with Gasteiger partial charge in [-0.2, -0.15) is 0 Å². The van der Waals surface area contributed by atoms with Crippen molar-refractivity contribution in [2.75, 3.05) is 30.4 Å². The summed E-state index contributed by atoms with van der Waals surface area (Å²) in [4.78, 5) is 15.0. The van der Waals surface area contributed by atoms with Crippen molar-refractivity contribution in [2.24, 2.45) is 0 Å². The zero-order valence-corrected chi connectivity index (χ0v) is 14.2. The van der Waals surface area contributed by atoms with Crippen molar-refractivity contribution in [3.05, 3.63) is 36.8 Å². The molecule has 4 heterocycles. The van der Waals surface area contributed by atoms with Gasteiger partial charge in [0, 0.05) is 38.8 Å². The summed E-state index contributed by atoms with van der Waals surface area (Å²) in [6.07, 6.45) is 8.04. The number of hydrogen-bond acceptors (Lipinski definition) is 8. The predicted molar refractivity (Wildman–Crippen MR) is 92.6 cm³/mol. The number of fused-ring (bicyclic) bond motifs is 1. The van der Waals surface area contributed by atoms with Crippen LogP contribution in [0, 0.1) is 6.92 Å². The van der Waals surface area contributed by atoms with Crippen molar-refractivity contribution in [1.82, 2.24) is 29.5 Å². The summed E-state index contributed by atoms with van der Waals surface area (Å²) in [7, 11) is 1.75. The maximum absolute atomic E-state index is 5.56. The Balaban J connectivity index is 1.54. The Hall–Kier alpha value is -2.81. The van der Waals surface area contributed by atoms with Crippen LogP contribution < -0.4 is 10.2 Å². The van der Waals surface area contributed by atoms with Gasteiger partial charge in [0.1, 0.15) is 18.0 Å². The van der Waals surface area contributed by atoms with Crippen LogP contribution in [0.1, 0.15) is 12.2 Å². The van der Waals surface area contributed by atoms with E-state index >= 15 is 0 Å². The van der Waals surface area contributed by atoms with Crippen LogP contribution in [0.25, 0.3) is 5.65 Å². The van der Waals surface area contributed by atoms with E-state index in [0.29, 0.717) is 6.54 Å². The number of rotatable bonds is 5. The number of methoxy groups -OCH3 is 1. The molecule has 0 amide bonds. The van der Waals surface area contributed by atoms with Crippen molar-refractivity contribution in [3.8, 4) is 0 Å². The highest BCUT2D eigenvalue weighted by atomic mass is 16.5. The lowest BCUT2D eigenvalue weighted by Gasteiger charge is -2.25. The fraction of sp³-hybridized carbons (Fsp3) is 0.438. The highest BCUT2D eigenvalue weighted by Crippen LogP contribution is 2.25. The van der Waals surface area contributed by atoms with E-state index in [0.717, 1.165) is 36.1 Å². The molecule has 0 radical (unpaired) electrons. The SMILES string of the molecule is CO[C@@H]1C[C@H](CNc2nccn3c(C)nnc23)N(c2ccncn2)C1. The van der Waals surface area contributed by atoms with Crippen molar-refractivity contribution < 1.29 is 4.74 Å². The maximum Gasteiger partial charge on any atom is 0.203 e. The van der Waals surface area contributed by atoms with Crippen LogP contribution in [0.15, 0.2) is 31.0 Å². The van der Waals surface area contributed by atoms with Crippen molar-refractivity contribution in [2.45, 2.75) is 25.5 Å². The van der Waals surface area contributed by atoms with Gasteiger partial charge >= 0.3 is 0 Å². The van der Waals surface area contributed by atoms with Gasteiger partial charge in [-0.1, -0.05) is 0 Å². The van der Waals surface area contributed by atoms with Gasteiger partial charge in [0.15, 0.2) is 5.82 Å². The van der Waals surface area contributed by atoms with Crippen LogP contribution in [-0.4, -0.2) is 61.9 Å². The summed E-state index contributed by atoms with van der Waals surface area (Å²) in [6, 6.07) is 2.16. The first-order valence-electron chi connectivity index (χ1n) is 8.22. The zero-order chi connectivity index (χ0) is 17.2. The molecule has 1 fully saturated rings. The summed E-state index contributed by atoms with van der Waals surface area (Å²) in [5.74, 6) is 2.47. The second-order valence-electron chi connectivity index (χ2n) is 6.06. The molecule has 9 nitrogen and oxygen atoms in total. The lowest BCUT2D eigenvalue weighted by atomic mass is 10.2. The molecule has 0 unspecified atom stereocenters. The van der Waals surface area contributed by atoms with E-state index in [4.69, 9.17) is 4.74 Å². The zero-order valence-electron chi connectivity index (χ0n) is 14.2. The second kappa shape index (κ2) is 6.60. The number of nitrogens with zero attached hydrogens (tertiary/aromatic N) is 7. The molecule has 0 aromatic carbocycles. The molecule has 1 aliphatic heterocycles. The number of ether oxygens (including phenoxy) is 1. The van der Waals surface area contributed by atoms with Gasteiger partial charge in [-0.25, -0.2) is 15.0 Å². The third-order valence-electron chi connectivity index (χ3n) is 4.57. The average molecular weight is 340 g/mol. The number of aryl methyl sites for hydroxylation is 1. The van der Waals surface area contributed by atoms with E-state index in [1.807, 2.05) is 23.6 Å². The molecule has 2 atom stereocenters. The molecule has 25 heavy (non-hydrogen) atoms. The summed E-state index contributed by atoms with van der Waals surface area (Å²) in [6.45, 7) is 3.44. The van der Waals surface area contributed by atoms with Gasteiger partial charge in [-0.05, 0) is 19.4 Å².